The molecular weight excluding hydrogens is 164 g/mol. The number of rotatable bonds is 2. The van der Waals surface area contributed by atoms with Crippen molar-refractivity contribution in [2.24, 2.45) is 0 Å². The normalized spacial score (nSPS) is 31.5. The summed E-state index contributed by atoms with van der Waals surface area (Å²) in [5, 5.41) is 0. The largest absolute Gasteiger partial charge is 0.340 e. The lowest BCUT2D eigenvalue weighted by atomic mass is 9.90. The van der Waals surface area contributed by atoms with Crippen LogP contribution in [0.4, 0.5) is 0 Å². The summed E-state index contributed by atoms with van der Waals surface area (Å²) in [5.41, 5.74) is 0. The summed E-state index contributed by atoms with van der Waals surface area (Å²) >= 11 is 0. The van der Waals surface area contributed by atoms with Gasteiger partial charge in [0, 0.05) is 31.7 Å². The van der Waals surface area contributed by atoms with Gasteiger partial charge >= 0.3 is 0 Å². The lowest BCUT2D eigenvalue weighted by Crippen LogP contribution is -2.55. The molecule has 74 valence electrons. The van der Waals surface area contributed by atoms with Crippen LogP contribution in [-0.2, 0) is 4.79 Å². The summed E-state index contributed by atoms with van der Waals surface area (Å²) in [6.45, 7) is 5.21. The highest BCUT2D eigenvalue weighted by Gasteiger charge is 2.30. The van der Waals surface area contributed by atoms with E-state index in [1.807, 2.05) is 4.90 Å². The third kappa shape index (κ3) is 1.70. The van der Waals surface area contributed by atoms with Gasteiger partial charge in [-0.1, -0.05) is 6.42 Å². The molecule has 1 atom stereocenters. The van der Waals surface area contributed by atoms with Crippen LogP contribution in [0.1, 0.15) is 26.2 Å². The Kier molecular flexibility index (Phi) is 2.54. The summed E-state index contributed by atoms with van der Waals surface area (Å²) in [4.78, 5) is 15.1. The average Bonchev–Trinajstić information content (AvgIpc) is 2.01. The molecule has 13 heavy (non-hydrogen) atoms. The van der Waals surface area contributed by atoms with Crippen LogP contribution in [0.3, 0.4) is 0 Å². The zero-order valence-corrected chi connectivity index (χ0v) is 8.28. The van der Waals surface area contributed by atoms with E-state index in [9.17, 15) is 4.79 Å². The van der Waals surface area contributed by atoms with Gasteiger partial charge in [-0.3, -0.25) is 9.69 Å². The third-order valence-electron chi connectivity index (χ3n) is 3.44. The Morgan fingerprint density at radius 2 is 2.08 bits per heavy atom. The first-order chi connectivity index (χ1) is 6.31. The zero-order chi connectivity index (χ0) is 9.26. The Bertz CT molecular complexity index is 191. The second kappa shape index (κ2) is 3.66. The van der Waals surface area contributed by atoms with E-state index in [-0.39, 0.29) is 0 Å². The maximum absolute atomic E-state index is 10.6. The molecule has 1 saturated heterocycles. The first kappa shape index (κ1) is 9.00. The molecule has 0 radical (unpaired) electrons. The monoisotopic (exact) mass is 182 g/mol. The van der Waals surface area contributed by atoms with Crippen LogP contribution < -0.4 is 0 Å². The highest BCUT2D eigenvalue weighted by Crippen LogP contribution is 2.26. The average molecular weight is 182 g/mol. The van der Waals surface area contributed by atoms with Crippen LogP contribution in [0, 0.1) is 0 Å². The fourth-order valence-corrected chi connectivity index (χ4v) is 2.24. The van der Waals surface area contributed by atoms with Crippen molar-refractivity contribution in [2.75, 3.05) is 19.6 Å². The molecule has 0 bridgehead atoms. The van der Waals surface area contributed by atoms with Crippen LogP contribution in [0.2, 0.25) is 0 Å². The van der Waals surface area contributed by atoms with E-state index < -0.39 is 0 Å². The van der Waals surface area contributed by atoms with E-state index in [4.69, 9.17) is 0 Å². The van der Waals surface area contributed by atoms with Gasteiger partial charge in [-0.05, 0) is 19.8 Å². The fourth-order valence-electron chi connectivity index (χ4n) is 2.24. The lowest BCUT2D eigenvalue weighted by molar-refractivity contribution is -0.123. The van der Waals surface area contributed by atoms with Crippen LogP contribution in [0.5, 0.6) is 0 Å². The Morgan fingerprint density at radius 3 is 2.54 bits per heavy atom. The lowest BCUT2D eigenvalue weighted by Gasteiger charge is -2.44. The molecule has 3 heteroatoms. The first-order valence-corrected chi connectivity index (χ1v) is 5.26. The number of carbonyl (C=O) groups is 1. The predicted octanol–water partition coefficient (Wildman–Crippen LogP) is 0.701. The van der Waals surface area contributed by atoms with Crippen molar-refractivity contribution in [3.8, 4) is 0 Å². The van der Waals surface area contributed by atoms with Gasteiger partial charge < -0.3 is 4.90 Å². The van der Waals surface area contributed by atoms with E-state index in [2.05, 4.69) is 11.8 Å². The van der Waals surface area contributed by atoms with E-state index in [1.54, 1.807) is 0 Å². The third-order valence-corrected chi connectivity index (χ3v) is 3.44. The van der Waals surface area contributed by atoms with Crippen molar-refractivity contribution >= 4 is 6.41 Å². The van der Waals surface area contributed by atoms with Crippen molar-refractivity contribution in [3.05, 3.63) is 0 Å². The molecule has 2 rings (SSSR count). The van der Waals surface area contributed by atoms with E-state index >= 15 is 0 Å². The number of amides is 1. The Hall–Kier alpha value is -0.570. The molecule has 1 aliphatic heterocycles. The molecule has 2 aliphatic rings. The maximum Gasteiger partial charge on any atom is 0.210 e. The quantitative estimate of drug-likeness (QED) is 0.587. The van der Waals surface area contributed by atoms with Crippen LogP contribution in [0.15, 0.2) is 0 Å². The Balaban J connectivity index is 1.86. The topological polar surface area (TPSA) is 23.6 Å². The van der Waals surface area contributed by atoms with Gasteiger partial charge in [-0.15, -0.1) is 0 Å². The molecule has 1 aliphatic carbocycles. The number of piperazine rings is 1. The minimum atomic E-state index is 0.409. The number of nitrogens with zero attached hydrogens (tertiary/aromatic N) is 2. The summed E-state index contributed by atoms with van der Waals surface area (Å²) in [6.07, 6.45) is 5.12. The second-order valence-electron chi connectivity index (χ2n) is 4.27. The summed E-state index contributed by atoms with van der Waals surface area (Å²) in [5.74, 6) is 0. The van der Waals surface area contributed by atoms with Crippen molar-refractivity contribution < 1.29 is 4.79 Å². The van der Waals surface area contributed by atoms with Gasteiger partial charge in [0.05, 0.1) is 0 Å². The summed E-state index contributed by atoms with van der Waals surface area (Å²) in [7, 11) is 0. The highest BCUT2D eigenvalue weighted by atomic mass is 16.1. The minimum Gasteiger partial charge on any atom is -0.340 e. The van der Waals surface area contributed by atoms with Crippen molar-refractivity contribution in [2.45, 2.75) is 38.3 Å². The Morgan fingerprint density at radius 1 is 1.31 bits per heavy atom. The van der Waals surface area contributed by atoms with Crippen LogP contribution in [0.25, 0.3) is 0 Å². The molecule has 0 aromatic heterocycles. The number of hydrogen-bond donors (Lipinski definition) is 0. The summed E-state index contributed by atoms with van der Waals surface area (Å²) < 4.78 is 0. The first-order valence-electron chi connectivity index (χ1n) is 5.26. The molecule has 0 spiro atoms. The molecule has 0 aromatic carbocycles. The predicted molar refractivity (Wildman–Crippen MR) is 51.4 cm³/mol. The van der Waals surface area contributed by atoms with Gasteiger partial charge in [0.2, 0.25) is 6.41 Å². The van der Waals surface area contributed by atoms with E-state index in [0.29, 0.717) is 6.04 Å². The van der Waals surface area contributed by atoms with Gasteiger partial charge in [0.25, 0.3) is 0 Å². The number of carbonyl (C=O) groups excluding carboxylic acids is 1. The van der Waals surface area contributed by atoms with Gasteiger partial charge in [-0.25, -0.2) is 0 Å². The van der Waals surface area contributed by atoms with Crippen molar-refractivity contribution in [1.82, 2.24) is 9.80 Å². The molecular formula is C10H18N2O. The smallest absolute Gasteiger partial charge is 0.210 e. The number of hydrogen-bond acceptors (Lipinski definition) is 2. The maximum atomic E-state index is 10.6. The van der Waals surface area contributed by atoms with Crippen LogP contribution in [-0.4, -0.2) is 47.9 Å². The fraction of sp³-hybridized carbons (Fsp3) is 0.900. The van der Waals surface area contributed by atoms with E-state index in [0.717, 1.165) is 32.1 Å². The highest BCUT2D eigenvalue weighted by molar-refractivity contribution is 5.48. The van der Waals surface area contributed by atoms with E-state index in [1.165, 1.54) is 19.3 Å². The molecule has 0 aromatic rings. The molecule has 0 N–H and O–H groups in total. The molecule has 0 unspecified atom stereocenters. The van der Waals surface area contributed by atoms with Crippen LogP contribution >= 0.6 is 0 Å². The SMILES string of the molecule is C[C@@H]1CN(C2CCC2)CCN1C=O. The molecule has 1 saturated carbocycles. The molecule has 3 nitrogen and oxygen atoms in total. The molecule has 2 fully saturated rings. The minimum absolute atomic E-state index is 0.409. The van der Waals surface area contributed by atoms with Crippen molar-refractivity contribution in [3.63, 3.8) is 0 Å². The zero-order valence-electron chi connectivity index (χ0n) is 8.28. The standard InChI is InChI=1S/C10H18N2O/c1-9-7-11(10-3-2-4-10)5-6-12(9)8-13/h8-10H,2-7H2,1H3/t9-/m1/s1. The second-order valence-corrected chi connectivity index (χ2v) is 4.27. The Labute approximate surface area is 79.7 Å². The molecule has 1 heterocycles. The summed E-state index contributed by atoms with van der Waals surface area (Å²) in [6, 6.07) is 1.24. The van der Waals surface area contributed by atoms with Gasteiger partial charge in [0.1, 0.15) is 0 Å². The van der Waals surface area contributed by atoms with Gasteiger partial charge in [0.15, 0.2) is 0 Å². The van der Waals surface area contributed by atoms with Crippen molar-refractivity contribution in [1.29, 1.82) is 0 Å². The molecule has 1 amide bonds. The van der Waals surface area contributed by atoms with Gasteiger partial charge in [-0.2, -0.15) is 0 Å².